The molecule has 27 heavy (non-hydrogen) atoms. The number of benzene rings is 2. The average molecular weight is 379 g/mol. The van der Waals surface area contributed by atoms with E-state index in [0.717, 1.165) is 40.3 Å². The molecule has 4 aromatic rings. The number of nitrogens with zero attached hydrogens (tertiary/aromatic N) is 4. The SMILES string of the molecule is CCn1c(NC(=O)CSc2nc3ccccc3n2CC)nc2ccccc21. The van der Waals surface area contributed by atoms with Crippen LogP contribution in [-0.4, -0.2) is 30.8 Å². The van der Waals surface area contributed by atoms with Crippen LogP contribution >= 0.6 is 11.8 Å². The summed E-state index contributed by atoms with van der Waals surface area (Å²) < 4.78 is 4.15. The molecule has 0 unspecified atom stereocenters. The Labute approximate surface area is 161 Å². The maximum absolute atomic E-state index is 12.5. The molecule has 2 aromatic heterocycles. The zero-order chi connectivity index (χ0) is 18.8. The van der Waals surface area contributed by atoms with Crippen LogP contribution in [0, 0.1) is 0 Å². The molecule has 2 aromatic carbocycles. The topological polar surface area (TPSA) is 64.7 Å². The molecule has 1 N–H and O–H groups in total. The van der Waals surface area contributed by atoms with Crippen LogP contribution < -0.4 is 5.32 Å². The molecule has 0 aliphatic carbocycles. The van der Waals surface area contributed by atoms with Gasteiger partial charge in [0.2, 0.25) is 11.9 Å². The number of amides is 1. The fraction of sp³-hybridized carbons (Fsp3) is 0.250. The van der Waals surface area contributed by atoms with E-state index in [2.05, 4.69) is 32.8 Å². The summed E-state index contributed by atoms with van der Waals surface area (Å²) in [6, 6.07) is 15.9. The van der Waals surface area contributed by atoms with Crippen LogP contribution in [0.25, 0.3) is 22.1 Å². The number of carbonyl (C=O) groups is 1. The van der Waals surface area contributed by atoms with E-state index in [1.807, 2.05) is 54.0 Å². The summed E-state index contributed by atoms with van der Waals surface area (Å²) >= 11 is 1.45. The average Bonchev–Trinajstić information content (AvgIpc) is 3.23. The summed E-state index contributed by atoms with van der Waals surface area (Å²) in [5, 5.41) is 3.81. The van der Waals surface area contributed by atoms with E-state index in [0.29, 0.717) is 5.95 Å². The fourth-order valence-corrected chi connectivity index (χ4v) is 4.13. The second-order valence-electron chi connectivity index (χ2n) is 6.13. The van der Waals surface area contributed by atoms with Gasteiger partial charge in [-0.1, -0.05) is 36.0 Å². The van der Waals surface area contributed by atoms with Crippen molar-refractivity contribution < 1.29 is 4.79 Å². The number of nitrogens with one attached hydrogen (secondary N) is 1. The Balaban J connectivity index is 1.51. The van der Waals surface area contributed by atoms with Crippen LogP contribution in [0.2, 0.25) is 0 Å². The molecule has 0 aliphatic heterocycles. The van der Waals surface area contributed by atoms with Gasteiger partial charge in [-0.2, -0.15) is 0 Å². The third kappa shape index (κ3) is 3.30. The molecule has 1 amide bonds. The van der Waals surface area contributed by atoms with Gasteiger partial charge in [0.05, 0.1) is 27.8 Å². The van der Waals surface area contributed by atoms with Crippen molar-refractivity contribution in [3.8, 4) is 0 Å². The van der Waals surface area contributed by atoms with Gasteiger partial charge in [0, 0.05) is 13.1 Å². The molecular formula is C20H21N5OS. The lowest BCUT2D eigenvalue weighted by atomic mass is 10.3. The summed E-state index contributed by atoms with van der Waals surface area (Å²) in [5.41, 5.74) is 3.96. The number of thioether (sulfide) groups is 1. The lowest BCUT2D eigenvalue weighted by molar-refractivity contribution is -0.113. The van der Waals surface area contributed by atoms with Gasteiger partial charge >= 0.3 is 0 Å². The minimum atomic E-state index is -0.0836. The molecule has 0 fully saturated rings. The van der Waals surface area contributed by atoms with E-state index in [1.54, 1.807) is 0 Å². The van der Waals surface area contributed by atoms with Crippen LogP contribution in [0.1, 0.15) is 13.8 Å². The molecule has 2 heterocycles. The van der Waals surface area contributed by atoms with Crippen molar-refractivity contribution in [2.45, 2.75) is 32.1 Å². The number of carbonyl (C=O) groups excluding carboxylic acids is 1. The molecule has 7 heteroatoms. The third-order valence-corrected chi connectivity index (χ3v) is 5.47. The number of aryl methyl sites for hydroxylation is 2. The summed E-state index contributed by atoms with van der Waals surface area (Å²) in [7, 11) is 0. The second kappa shape index (κ2) is 7.44. The number of fused-ring (bicyclic) bond motifs is 2. The normalized spacial score (nSPS) is 11.3. The molecule has 0 radical (unpaired) electrons. The number of anilines is 1. The Morgan fingerprint density at radius 1 is 0.926 bits per heavy atom. The highest BCUT2D eigenvalue weighted by Crippen LogP contribution is 2.24. The van der Waals surface area contributed by atoms with Crippen molar-refractivity contribution in [1.29, 1.82) is 0 Å². The Morgan fingerprint density at radius 3 is 2.19 bits per heavy atom. The molecule has 0 saturated carbocycles. The highest BCUT2D eigenvalue weighted by atomic mass is 32.2. The maximum atomic E-state index is 12.5. The van der Waals surface area contributed by atoms with Gasteiger partial charge in [-0.05, 0) is 38.1 Å². The molecule has 0 atom stereocenters. The zero-order valence-electron chi connectivity index (χ0n) is 15.3. The first-order valence-corrected chi connectivity index (χ1v) is 10.0. The van der Waals surface area contributed by atoms with Crippen molar-refractivity contribution in [3.63, 3.8) is 0 Å². The van der Waals surface area contributed by atoms with E-state index in [9.17, 15) is 4.79 Å². The van der Waals surface area contributed by atoms with Crippen molar-refractivity contribution in [3.05, 3.63) is 48.5 Å². The smallest absolute Gasteiger partial charge is 0.237 e. The monoisotopic (exact) mass is 379 g/mol. The first-order valence-electron chi connectivity index (χ1n) is 9.04. The number of hydrogen-bond acceptors (Lipinski definition) is 4. The molecule has 0 bridgehead atoms. The number of imidazole rings is 2. The van der Waals surface area contributed by atoms with Gasteiger partial charge in [0.25, 0.3) is 0 Å². The van der Waals surface area contributed by atoms with Crippen molar-refractivity contribution in [2.24, 2.45) is 0 Å². The number of rotatable bonds is 6. The number of hydrogen-bond donors (Lipinski definition) is 1. The van der Waals surface area contributed by atoms with E-state index in [1.165, 1.54) is 11.8 Å². The molecule has 0 aliphatic rings. The highest BCUT2D eigenvalue weighted by molar-refractivity contribution is 7.99. The lowest BCUT2D eigenvalue weighted by Crippen LogP contribution is -2.18. The van der Waals surface area contributed by atoms with Crippen LogP contribution in [0.5, 0.6) is 0 Å². The van der Waals surface area contributed by atoms with E-state index < -0.39 is 0 Å². The molecular weight excluding hydrogens is 358 g/mol. The van der Waals surface area contributed by atoms with E-state index in [4.69, 9.17) is 0 Å². The van der Waals surface area contributed by atoms with Crippen molar-refractivity contribution in [2.75, 3.05) is 11.1 Å². The molecule has 138 valence electrons. The predicted molar refractivity (Wildman–Crippen MR) is 110 cm³/mol. The van der Waals surface area contributed by atoms with Crippen LogP contribution in [-0.2, 0) is 17.9 Å². The first-order chi connectivity index (χ1) is 13.2. The van der Waals surface area contributed by atoms with Crippen LogP contribution in [0.3, 0.4) is 0 Å². The quantitative estimate of drug-likeness (QED) is 0.511. The van der Waals surface area contributed by atoms with E-state index >= 15 is 0 Å². The van der Waals surface area contributed by atoms with Gasteiger partial charge < -0.3 is 9.13 Å². The summed E-state index contributed by atoms with van der Waals surface area (Å²) in [6.45, 7) is 5.69. The lowest BCUT2D eigenvalue weighted by Gasteiger charge is -2.08. The summed E-state index contributed by atoms with van der Waals surface area (Å²) in [5.74, 6) is 0.795. The second-order valence-corrected chi connectivity index (χ2v) is 7.08. The van der Waals surface area contributed by atoms with Crippen molar-refractivity contribution in [1.82, 2.24) is 19.1 Å². The number of aromatic nitrogens is 4. The minimum absolute atomic E-state index is 0.0836. The maximum Gasteiger partial charge on any atom is 0.237 e. The third-order valence-electron chi connectivity index (χ3n) is 4.49. The Hall–Kier alpha value is -2.80. The Kier molecular flexibility index (Phi) is 4.85. The van der Waals surface area contributed by atoms with Gasteiger partial charge in [0.1, 0.15) is 0 Å². The zero-order valence-corrected chi connectivity index (χ0v) is 16.2. The Bertz CT molecular complexity index is 1110. The number of para-hydroxylation sites is 4. The van der Waals surface area contributed by atoms with Crippen LogP contribution in [0.4, 0.5) is 5.95 Å². The Morgan fingerprint density at radius 2 is 1.52 bits per heavy atom. The van der Waals surface area contributed by atoms with E-state index in [-0.39, 0.29) is 11.7 Å². The first kappa shape index (κ1) is 17.6. The van der Waals surface area contributed by atoms with Gasteiger partial charge in [-0.15, -0.1) is 0 Å². The predicted octanol–water partition coefficient (Wildman–Crippen LogP) is 4.16. The van der Waals surface area contributed by atoms with Gasteiger partial charge in [0.15, 0.2) is 5.16 Å². The molecule has 0 spiro atoms. The van der Waals surface area contributed by atoms with Crippen LogP contribution in [0.15, 0.2) is 53.7 Å². The fourth-order valence-electron chi connectivity index (χ4n) is 3.25. The standard InChI is InChI=1S/C20H21N5OS/c1-3-24-16-11-7-5-9-14(16)21-19(24)23-18(26)13-27-20-22-15-10-6-8-12-17(15)25(20)4-2/h5-12H,3-4,13H2,1-2H3,(H,21,23,26). The van der Waals surface area contributed by atoms with Crippen molar-refractivity contribution >= 4 is 45.7 Å². The molecule has 0 saturated heterocycles. The minimum Gasteiger partial charge on any atom is -0.319 e. The largest absolute Gasteiger partial charge is 0.319 e. The molecule has 4 rings (SSSR count). The van der Waals surface area contributed by atoms with Gasteiger partial charge in [-0.25, -0.2) is 9.97 Å². The molecule has 6 nitrogen and oxygen atoms in total. The summed E-state index contributed by atoms with van der Waals surface area (Å²) in [4.78, 5) is 21.7. The highest BCUT2D eigenvalue weighted by Gasteiger charge is 2.15. The van der Waals surface area contributed by atoms with Gasteiger partial charge in [-0.3, -0.25) is 10.1 Å². The summed E-state index contributed by atoms with van der Waals surface area (Å²) in [6.07, 6.45) is 0.